The molecule has 0 unspecified atom stereocenters. The SMILES string of the molecule is c1c[nH]c2c(c1)ccc1nc3ccccc3c12. The van der Waals surface area contributed by atoms with Gasteiger partial charge in [-0.1, -0.05) is 30.3 Å². The van der Waals surface area contributed by atoms with Crippen LogP contribution in [0.3, 0.4) is 0 Å². The zero-order valence-electron chi connectivity index (χ0n) is 9.14. The first-order valence-corrected chi connectivity index (χ1v) is 5.68. The Morgan fingerprint density at radius 1 is 0.824 bits per heavy atom. The summed E-state index contributed by atoms with van der Waals surface area (Å²) in [7, 11) is 0. The van der Waals surface area contributed by atoms with Gasteiger partial charge in [0.15, 0.2) is 0 Å². The number of aromatic amines is 1. The molecule has 0 fully saturated rings. The number of benzene rings is 2. The van der Waals surface area contributed by atoms with Crippen molar-refractivity contribution in [3.63, 3.8) is 0 Å². The summed E-state index contributed by atoms with van der Waals surface area (Å²) in [6.45, 7) is 0. The molecule has 0 saturated heterocycles. The largest absolute Gasteiger partial charge is 0.361 e. The van der Waals surface area contributed by atoms with Crippen molar-refractivity contribution in [3.05, 3.63) is 54.7 Å². The quantitative estimate of drug-likeness (QED) is 0.477. The van der Waals surface area contributed by atoms with Gasteiger partial charge in [-0.15, -0.1) is 0 Å². The number of pyridine rings is 1. The zero-order chi connectivity index (χ0) is 11.2. The van der Waals surface area contributed by atoms with Gasteiger partial charge in [-0.3, -0.25) is 0 Å². The van der Waals surface area contributed by atoms with Gasteiger partial charge in [0.1, 0.15) is 0 Å². The van der Waals surface area contributed by atoms with Gasteiger partial charge in [-0.05, 0) is 23.6 Å². The molecular weight excluding hydrogens is 208 g/mol. The van der Waals surface area contributed by atoms with Crippen LogP contribution in [0.1, 0.15) is 0 Å². The Morgan fingerprint density at radius 2 is 1.76 bits per heavy atom. The van der Waals surface area contributed by atoms with Crippen molar-refractivity contribution in [2.45, 2.75) is 0 Å². The van der Waals surface area contributed by atoms with Gasteiger partial charge in [0.2, 0.25) is 0 Å². The maximum atomic E-state index is 4.65. The Morgan fingerprint density at radius 3 is 2.76 bits per heavy atom. The first-order valence-electron chi connectivity index (χ1n) is 5.68. The number of H-pyrrole nitrogens is 1. The molecule has 1 N–H and O–H groups in total. The normalized spacial score (nSPS) is 11.5. The molecule has 0 saturated carbocycles. The molecule has 2 nitrogen and oxygen atoms in total. The summed E-state index contributed by atoms with van der Waals surface area (Å²) in [5, 5.41) is 3.66. The molecular formula is C15H10N2. The highest BCUT2D eigenvalue weighted by molar-refractivity contribution is 6.18. The van der Waals surface area contributed by atoms with E-state index < -0.39 is 0 Å². The summed E-state index contributed by atoms with van der Waals surface area (Å²) in [5.41, 5.74) is 3.28. The highest BCUT2D eigenvalue weighted by atomic mass is 14.7. The number of rotatable bonds is 0. The molecule has 2 heteroatoms. The van der Waals surface area contributed by atoms with Crippen LogP contribution in [0.5, 0.6) is 0 Å². The Labute approximate surface area is 97.9 Å². The van der Waals surface area contributed by atoms with Crippen LogP contribution in [-0.2, 0) is 0 Å². The van der Waals surface area contributed by atoms with E-state index in [2.05, 4.69) is 46.4 Å². The summed E-state index contributed by atoms with van der Waals surface area (Å²) in [4.78, 5) is 7.98. The Hall–Kier alpha value is -2.35. The lowest BCUT2D eigenvalue weighted by Gasteiger charge is -1.99. The number of hydrogen-bond acceptors (Lipinski definition) is 1. The first kappa shape index (κ1) is 8.76. The Bertz CT molecular complexity index is 837. The minimum atomic E-state index is 1.06. The molecule has 0 radical (unpaired) electrons. The molecule has 17 heavy (non-hydrogen) atoms. The lowest BCUT2D eigenvalue weighted by atomic mass is 10.1. The van der Waals surface area contributed by atoms with Gasteiger partial charge in [0.25, 0.3) is 0 Å². The van der Waals surface area contributed by atoms with Crippen molar-refractivity contribution in [1.82, 2.24) is 9.97 Å². The van der Waals surface area contributed by atoms with E-state index in [1.807, 2.05) is 18.3 Å². The van der Waals surface area contributed by atoms with Crippen LogP contribution in [-0.4, -0.2) is 9.97 Å². The lowest BCUT2D eigenvalue weighted by molar-refractivity contribution is 1.43. The predicted molar refractivity (Wildman–Crippen MR) is 71.1 cm³/mol. The topological polar surface area (TPSA) is 28.7 Å². The average Bonchev–Trinajstić information content (AvgIpc) is 2.77. The monoisotopic (exact) mass is 218 g/mol. The summed E-state index contributed by atoms with van der Waals surface area (Å²) in [6.07, 6.45) is 1.96. The fourth-order valence-corrected chi connectivity index (χ4v) is 2.46. The summed E-state index contributed by atoms with van der Waals surface area (Å²) in [5.74, 6) is 0. The lowest BCUT2D eigenvalue weighted by Crippen LogP contribution is -1.78. The average molecular weight is 218 g/mol. The first-order chi connectivity index (χ1) is 8.43. The summed E-state index contributed by atoms with van der Waals surface area (Å²) >= 11 is 0. The van der Waals surface area contributed by atoms with Gasteiger partial charge in [-0.2, -0.15) is 0 Å². The highest BCUT2D eigenvalue weighted by Crippen LogP contribution is 2.30. The molecule has 0 atom stereocenters. The molecule has 4 aromatic rings. The molecule has 0 aliphatic heterocycles. The van der Waals surface area contributed by atoms with Crippen molar-refractivity contribution in [3.8, 4) is 0 Å². The van der Waals surface area contributed by atoms with E-state index in [0.29, 0.717) is 0 Å². The van der Waals surface area contributed by atoms with Crippen molar-refractivity contribution in [1.29, 1.82) is 0 Å². The van der Waals surface area contributed by atoms with Crippen LogP contribution in [0.25, 0.3) is 32.7 Å². The fraction of sp³-hybridized carbons (Fsp3) is 0. The minimum absolute atomic E-state index is 1.06. The van der Waals surface area contributed by atoms with Crippen LogP contribution < -0.4 is 0 Å². The number of para-hydroxylation sites is 1. The molecule has 0 spiro atoms. The molecule has 2 aromatic heterocycles. The third-order valence-electron chi connectivity index (χ3n) is 3.23. The third kappa shape index (κ3) is 1.12. The molecule has 0 amide bonds. The van der Waals surface area contributed by atoms with Gasteiger partial charge in [-0.25, -0.2) is 4.98 Å². The second-order valence-electron chi connectivity index (χ2n) is 4.22. The molecule has 2 aromatic carbocycles. The second-order valence-corrected chi connectivity index (χ2v) is 4.22. The maximum Gasteiger partial charge on any atom is 0.0737 e. The van der Waals surface area contributed by atoms with E-state index in [9.17, 15) is 0 Å². The fourth-order valence-electron chi connectivity index (χ4n) is 2.46. The van der Waals surface area contributed by atoms with Crippen LogP contribution in [0, 0.1) is 0 Å². The zero-order valence-corrected chi connectivity index (χ0v) is 9.14. The van der Waals surface area contributed by atoms with E-state index in [0.717, 1.165) is 11.0 Å². The van der Waals surface area contributed by atoms with Crippen molar-refractivity contribution < 1.29 is 0 Å². The van der Waals surface area contributed by atoms with Crippen LogP contribution in [0.15, 0.2) is 54.7 Å². The number of hydrogen-bond donors (Lipinski definition) is 1. The summed E-state index contributed by atoms with van der Waals surface area (Å²) in [6, 6.07) is 16.6. The van der Waals surface area contributed by atoms with Crippen LogP contribution >= 0.6 is 0 Å². The van der Waals surface area contributed by atoms with E-state index in [1.54, 1.807) is 0 Å². The van der Waals surface area contributed by atoms with E-state index in [4.69, 9.17) is 0 Å². The highest BCUT2D eigenvalue weighted by Gasteiger charge is 2.08. The molecule has 0 aliphatic rings. The van der Waals surface area contributed by atoms with Gasteiger partial charge < -0.3 is 4.98 Å². The molecule has 80 valence electrons. The Balaban J connectivity index is 2.38. The molecule has 4 rings (SSSR count). The molecule has 0 aliphatic carbocycles. The number of aromatic nitrogens is 2. The van der Waals surface area contributed by atoms with E-state index >= 15 is 0 Å². The second kappa shape index (κ2) is 3.08. The standard InChI is InChI=1S/C15H10N2/c1-2-6-12-11(5-1)14-13(17-12)8-7-10-4-3-9-16-15(10)14/h1-9,16H. The number of fused-ring (bicyclic) bond motifs is 5. The smallest absolute Gasteiger partial charge is 0.0737 e. The van der Waals surface area contributed by atoms with Crippen molar-refractivity contribution in [2.24, 2.45) is 0 Å². The van der Waals surface area contributed by atoms with Crippen molar-refractivity contribution >= 4 is 32.7 Å². The number of nitrogens with one attached hydrogen (secondary N) is 1. The van der Waals surface area contributed by atoms with Gasteiger partial charge in [0.05, 0.1) is 16.6 Å². The predicted octanol–water partition coefficient (Wildman–Crippen LogP) is 3.87. The van der Waals surface area contributed by atoms with Gasteiger partial charge in [0, 0.05) is 17.0 Å². The van der Waals surface area contributed by atoms with E-state index in [-0.39, 0.29) is 0 Å². The molecule has 2 heterocycles. The van der Waals surface area contributed by atoms with Crippen LogP contribution in [0.4, 0.5) is 0 Å². The third-order valence-corrected chi connectivity index (χ3v) is 3.23. The maximum absolute atomic E-state index is 4.65. The summed E-state index contributed by atoms with van der Waals surface area (Å²) < 4.78 is 0. The minimum Gasteiger partial charge on any atom is -0.361 e. The van der Waals surface area contributed by atoms with Gasteiger partial charge >= 0.3 is 0 Å². The number of nitrogens with zero attached hydrogens (tertiary/aromatic N) is 1. The van der Waals surface area contributed by atoms with E-state index in [1.165, 1.54) is 21.7 Å². The van der Waals surface area contributed by atoms with Crippen molar-refractivity contribution in [2.75, 3.05) is 0 Å². The Kier molecular flexibility index (Phi) is 1.59. The van der Waals surface area contributed by atoms with Crippen LogP contribution in [0.2, 0.25) is 0 Å². The molecule has 0 bridgehead atoms.